The van der Waals surface area contributed by atoms with Crippen molar-refractivity contribution in [1.82, 2.24) is 10.2 Å². The third kappa shape index (κ3) is 2.03. The number of nitrogens with zero attached hydrogens (tertiary/aromatic N) is 1. The lowest BCUT2D eigenvalue weighted by atomic mass is 10.0. The van der Waals surface area contributed by atoms with E-state index in [0.29, 0.717) is 0 Å². The molecule has 2 aliphatic heterocycles. The molecule has 0 saturated carbocycles. The van der Waals surface area contributed by atoms with Crippen molar-refractivity contribution in [1.29, 1.82) is 0 Å². The molecule has 2 saturated heterocycles. The van der Waals surface area contributed by atoms with E-state index in [9.17, 15) is 4.79 Å². The van der Waals surface area contributed by atoms with Gasteiger partial charge in [0.25, 0.3) is 0 Å². The molecule has 0 spiro atoms. The molecular weight excluding hydrogens is 199 g/mol. The van der Waals surface area contributed by atoms with Gasteiger partial charge >= 0.3 is 0 Å². The van der Waals surface area contributed by atoms with Gasteiger partial charge in [-0.25, -0.2) is 0 Å². The molecule has 3 nitrogen and oxygen atoms in total. The Morgan fingerprint density at radius 2 is 1.67 bits per heavy atom. The Balaban J connectivity index is 0.000000605. The van der Waals surface area contributed by atoms with Crippen LogP contribution in [0.25, 0.3) is 0 Å². The van der Waals surface area contributed by atoms with Crippen molar-refractivity contribution in [2.24, 2.45) is 11.8 Å². The number of carbonyl (C=O) groups is 1. The van der Waals surface area contributed by atoms with Gasteiger partial charge in [-0.3, -0.25) is 4.79 Å². The molecular formula is C7H14Cl2N2O. The number of halogens is 2. The van der Waals surface area contributed by atoms with E-state index in [1.165, 1.54) is 0 Å². The van der Waals surface area contributed by atoms with E-state index in [1.54, 1.807) is 0 Å². The molecule has 0 aromatic heterocycles. The Morgan fingerprint density at radius 3 is 2.08 bits per heavy atom. The second-order valence-corrected chi connectivity index (χ2v) is 3.24. The second-order valence-electron chi connectivity index (χ2n) is 3.24. The number of nitrogens with one attached hydrogen (secondary N) is 1. The Labute approximate surface area is 84.7 Å². The fourth-order valence-corrected chi connectivity index (χ4v) is 1.98. The van der Waals surface area contributed by atoms with Crippen molar-refractivity contribution in [2.75, 3.05) is 26.2 Å². The van der Waals surface area contributed by atoms with Gasteiger partial charge in [-0.1, -0.05) is 0 Å². The summed E-state index contributed by atoms with van der Waals surface area (Å²) in [5.41, 5.74) is 0. The lowest BCUT2D eigenvalue weighted by Crippen LogP contribution is -2.24. The van der Waals surface area contributed by atoms with Gasteiger partial charge in [0.05, 0.1) is 0 Å². The molecule has 72 valence electrons. The van der Waals surface area contributed by atoms with Gasteiger partial charge in [-0.2, -0.15) is 0 Å². The van der Waals surface area contributed by atoms with E-state index in [-0.39, 0.29) is 24.8 Å². The molecule has 2 aliphatic rings. The smallest absolute Gasteiger partial charge is 0.209 e. The maximum Gasteiger partial charge on any atom is 0.209 e. The molecule has 12 heavy (non-hydrogen) atoms. The van der Waals surface area contributed by atoms with Crippen LogP contribution in [0.3, 0.4) is 0 Å². The largest absolute Gasteiger partial charge is 0.345 e. The quantitative estimate of drug-likeness (QED) is 0.628. The van der Waals surface area contributed by atoms with Gasteiger partial charge in [-0.15, -0.1) is 24.8 Å². The monoisotopic (exact) mass is 212 g/mol. The maximum absolute atomic E-state index is 10.3. The Hall–Kier alpha value is 0.01000. The minimum atomic E-state index is 0. The number of amides is 1. The molecule has 0 aromatic rings. The predicted octanol–water partition coefficient (Wildman–Crippen LogP) is 0.138. The van der Waals surface area contributed by atoms with Crippen molar-refractivity contribution in [3.8, 4) is 0 Å². The van der Waals surface area contributed by atoms with Gasteiger partial charge in [0.2, 0.25) is 6.41 Å². The fourth-order valence-electron chi connectivity index (χ4n) is 1.98. The highest BCUT2D eigenvalue weighted by Gasteiger charge is 2.35. The molecule has 0 bridgehead atoms. The zero-order valence-electron chi connectivity index (χ0n) is 6.73. The average molecular weight is 213 g/mol. The first-order chi connectivity index (χ1) is 4.90. The summed E-state index contributed by atoms with van der Waals surface area (Å²) in [4.78, 5) is 12.2. The van der Waals surface area contributed by atoms with Gasteiger partial charge in [0.1, 0.15) is 0 Å². The first-order valence-corrected chi connectivity index (χ1v) is 3.80. The van der Waals surface area contributed by atoms with Crippen LogP contribution < -0.4 is 5.32 Å². The number of hydrogen-bond acceptors (Lipinski definition) is 2. The normalized spacial score (nSPS) is 31.8. The van der Waals surface area contributed by atoms with Crippen LogP contribution in [0.5, 0.6) is 0 Å². The van der Waals surface area contributed by atoms with Crippen LogP contribution in [0.2, 0.25) is 0 Å². The van der Waals surface area contributed by atoms with Crippen molar-refractivity contribution < 1.29 is 4.79 Å². The molecule has 5 heteroatoms. The van der Waals surface area contributed by atoms with Crippen LogP contribution >= 0.6 is 24.8 Å². The van der Waals surface area contributed by atoms with E-state index >= 15 is 0 Å². The second kappa shape index (κ2) is 4.90. The van der Waals surface area contributed by atoms with Crippen molar-refractivity contribution in [2.45, 2.75) is 0 Å². The minimum Gasteiger partial charge on any atom is -0.345 e. The van der Waals surface area contributed by atoms with Gasteiger partial charge in [0, 0.05) is 26.2 Å². The van der Waals surface area contributed by atoms with Crippen LogP contribution in [-0.2, 0) is 4.79 Å². The van der Waals surface area contributed by atoms with Crippen molar-refractivity contribution >= 4 is 31.2 Å². The third-order valence-corrected chi connectivity index (χ3v) is 2.57. The topological polar surface area (TPSA) is 32.3 Å². The molecule has 0 unspecified atom stereocenters. The van der Waals surface area contributed by atoms with Crippen molar-refractivity contribution in [3.05, 3.63) is 0 Å². The highest BCUT2D eigenvalue weighted by molar-refractivity contribution is 5.85. The summed E-state index contributed by atoms with van der Waals surface area (Å²) in [6.07, 6.45) is 0.971. The Kier molecular flexibility index (Phi) is 4.90. The van der Waals surface area contributed by atoms with Crippen molar-refractivity contribution in [3.63, 3.8) is 0 Å². The standard InChI is InChI=1S/C7H12N2O.2ClH/c10-5-9-3-6-1-8-2-7(6)4-9;;/h5-8H,1-4H2;2*1H/t6-,7-;;/m1../s1. The van der Waals surface area contributed by atoms with Crippen LogP contribution in [0, 0.1) is 11.8 Å². The minimum absolute atomic E-state index is 0. The fraction of sp³-hybridized carbons (Fsp3) is 0.857. The zero-order chi connectivity index (χ0) is 6.97. The molecule has 2 atom stereocenters. The van der Waals surface area contributed by atoms with Gasteiger partial charge in [-0.05, 0) is 11.8 Å². The lowest BCUT2D eigenvalue weighted by Gasteiger charge is -2.08. The van der Waals surface area contributed by atoms with Crippen LogP contribution in [0.4, 0.5) is 0 Å². The number of rotatable bonds is 1. The summed E-state index contributed by atoms with van der Waals surface area (Å²) in [6, 6.07) is 0. The van der Waals surface area contributed by atoms with Crippen LogP contribution in [0.15, 0.2) is 0 Å². The number of hydrogen-bond donors (Lipinski definition) is 1. The molecule has 0 aliphatic carbocycles. The summed E-state index contributed by atoms with van der Waals surface area (Å²) < 4.78 is 0. The molecule has 1 N–H and O–H groups in total. The molecule has 2 rings (SSSR count). The number of fused-ring (bicyclic) bond motifs is 1. The van der Waals surface area contributed by atoms with E-state index in [4.69, 9.17) is 0 Å². The summed E-state index contributed by atoms with van der Waals surface area (Å²) in [5, 5.41) is 3.33. The van der Waals surface area contributed by atoms with E-state index in [0.717, 1.165) is 44.4 Å². The van der Waals surface area contributed by atoms with E-state index in [1.807, 2.05) is 4.90 Å². The maximum atomic E-state index is 10.3. The first kappa shape index (κ1) is 12.0. The lowest BCUT2D eigenvalue weighted by molar-refractivity contribution is -0.117. The highest BCUT2D eigenvalue weighted by atomic mass is 35.5. The van der Waals surface area contributed by atoms with Crippen LogP contribution in [-0.4, -0.2) is 37.5 Å². The number of carbonyl (C=O) groups excluding carboxylic acids is 1. The average Bonchev–Trinajstić information content (AvgIpc) is 2.42. The Morgan fingerprint density at radius 1 is 1.17 bits per heavy atom. The molecule has 0 radical (unpaired) electrons. The third-order valence-electron chi connectivity index (χ3n) is 2.57. The summed E-state index contributed by atoms with van der Waals surface area (Å²) in [6.45, 7) is 4.16. The summed E-state index contributed by atoms with van der Waals surface area (Å²) in [5.74, 6) is 1.48. The first-order valence-electron chi connectivity index (χ1n) is 3.80. The molecule has 2 fully saturated rings. The van der Waals surface area contributed by atoms with Crippen LogP contribution in [0.1, 0.15) is 0 Å². The Bertz CT molecular complexity index is 144. The van der Waals surface area contributed by atoms with E-state index in [2.05, 4.69) is 5.32 Å². The SMILES string of the molecule is Cl.Cl.O=CN1C[C@H]2CNC[C@@H]2C1. The molecule has 1 amide bonds. The predicted molar refractivity (Wildman–Crippen MR) is 52.0 cm³/mol. The molecule has 2 heterocycles. The van der Waals surface area contributed by atoms with Gasteiger partial charge in [0.15, 0.2) is 0 Å². The summed E-state index contributed by atoms with van der Waals surface area (Å²) >= 11 is 0. The van der Waals surface area contributed by atoms with Gasteiger partial charge < -0.3 is 10.2 Å². The highest BCUT2D eigenvalue weighted by Crippen LogP contribution is 2.24. The number of likely N-dealkylation sites (tertiary alicyclic amines) is 1. The molecule has 0 aromatic carbocycles. The van der Waals surface area contributed by atoms with E-state index < -0.39 is 0 Å². The zero-order valence-corrected chi connectivity index (χ0v) is 8.37. The summed E-state index contributed by atoms with van der Waals surface area (Å²) in [7, 11) is 0.